The number of benzene rings is 1. The van der Waals surface area contributed by atoms with Crippen molar-refractivity contribution in [2.75, 3.05) is 11.1 Å². The maximum absolute atomic E-state index is 13.0. The van der Waals surface area contributed by atoms with Gasteiger partial charge in [0.15, 0.2) is 5.78 Å². The second kappa shape index (κ2) is 5.47. The molecule has 4 rings (SSSR count). The largest absolute Gasteiger partial charge is 0.397 e. The normalized spacial score (nSPS) is 21.2. The highest BCUT2D eigenvalue weighted by Gasteiger charge is 2.42. The second-order valence-electron chi connectivity index (χ2n) is 7.50. The lowest BCUT2D eigenvalue weighted by atomic mass is 9.69. The Morgan fingerprint density at radius 2 is 2.00 bits per heavy atom. The molecular formula is C20H19N3OS. The van der Waals surface area contributed by atoms with Crippen molar-refractivity contribution in [1.29, 1.82) is 5.26 Å². The highest BCUT2D eigenvalue weighted by Crippen LogP contribution is 2.53. The summed E-state index contributed by atoms with van der Waals surface area (Å²) in [5.41, 5.74) is 10.4. The summed E-state index contributed by atoms with van der Waals surface area (Å²) < 4.78 is 0. The molecule has 0 bridgehead atoms. The van der Waals surface area contributed by atoms with Gasteiger partial charge in [0.2, 0.25) is 0 Å². The minimum atomic E-state index is -0.200. The Morgan fingerprint density at radius 3 is 2.68 bits per heavy atom. The van der Waals surface area contributed by atoms with Crippen LogP contribution in [0.15, 0.2) is 41.6 Å². The van der Waals surface area contributed by atoms with Crippen LogP contribution >= 0.6 is 11.3 Å². The molecule has 1 aromatic heterocycles. The van der Waals surface area contributed by atoms with Crippen LogP contribution in [0.2, 0.25) is 0 Å². The van der Waals surface area contributed by atoms with Gasteiger partial charge in [0.25, 0.3) is 0 Å². The molecule has 2 aliphatic rings. The number of nitrogen functional groups attached to an aromatic ring is 1. The molecule has 25 heavy (non-hydrogen) atoms. The van der Waals surface area contributed by atoms with E-state index < -0.39 is 0 Å². The van der Waals surface area contributed by atoms with Gasteiger partial charge in [-0.15, -0.1) is 11.3 Å². The molecule has 0 radical (unpaired) electrons. The fourth-order valence-corrected chi connectivity index (χ4v) is 4.94. The van der Waals surface area contributed by atoms with Crippen LogP contribution in [-0.4, -0.2) is 5.78 Å². The molecule has 1 aliphatic carbocycles. The number of carbonyl (C=O) groups excluding carboxylic acids is 1. The molecule has 1 atom stereocenters. The van der Waals surface area contributed by atoms with E-state index in [1.54, 1.807) is 0 Å². The van der Waals surface area contributed by atoms with Crippen molar-refractivity contribution in [3.8, 4) is 6.07 Å². The summed E-state index contributed by atoms with van der Waals surface area (Å²) >= 11 is 1.37. The lowest BCUT2D eigenvalue weighted by Crippen LogP contribution is -2.33. The zero-order valence-corrected chi connectivity index (χ0v) is 15.0. The monoisotopic (exact) mass is 349 g/mol. The number of anilines is 2. The number of carbonyl (C=O) groups is 1. The Morgan fingerprint density at radius 1 is 1.28 bits per heavy atom. The van der Waals surface area contributed by atoms with E-state index in [0.29, 0.717) is 17.0 Å². The molecular weight excluding hydrogens is 330 g/mol. The van der Waals surface area contributed by atoms with Gasteiger partial charge in [-0.1, -0.05) is 44.2 Å². The topological polar surface area (TPSA) is 78.9 Å². The number of nitrogens with one attached hydrogen (secondary N) is 1. The van der Waals surface area contributed by atoms with Crippen molar-refractivity contribution in [2.45, 2.75) is 32.6 Å². The van der Waals surface area contributed by atoms with Crippen LogP contribution in [-0.2, 0) is 4.79 Å². The van der Waals surface area contributed by atoms with Crippen molar-refractivity contribution >= 4 is 27.8 Å². The molecule has 0 spiro atoms. The first-order chi connectivity index (χ1) is 11.9. The molecule has 0 unspecified atom stereocenters. The van der Waals surface area contributed by atoms with E-state index in [2.05, 4.69) is 25.2 Å². The fourth-order valence-electron chi connectivity index (χ4n) is 3.96. The standard InChI is InChI=1S/C20H19N3OS/c1-20(2)8-12-16(13(24)9-20)15(11-6-4-3-5-7-11)17-18(22)14(10-21)25-19(17)23-12/h3-7,15,23H,8-9,22H2,1-2H3/t15-/m0/s1. The van der Waals surface area contributed by atoms with Gasteiger partial charge in [-0.05, 0) is 17.4 Å². The van der Waals surface area contributed by atoms with E-state index in [0.717, 1.165) is 33.8 Å². The fraction of sp³-hybridized carbons (Fsp3) is 0.300. The van der Waals surface area contributed by atoms with Gasteiger partial charge in [0, 0.05) is 29.2 Å². The average Bonchev–Trinajstić information content (AvgIpc) is 2.88. The average molecular weight is 349 g/mol. The molecule has 1 aromatic carbocycles. The number of hydrogen-bond donors (Lipinski definition) is 2. The second-order valence-corrected chi connectivity index (χ2v) is 8.52. The molecule has 126 valence electrons. The van der Waals surface area contributed by atoms with Gasteiger partial charge in [0.05, 0.1) is 5.69 Å². The van der Waals surface area contributed by atoms with Gasteiger partial charge in [-0.3, -0.25) is 4.79 Å². The molecule has 0 amide bonds. The number of Topliss-reactive ketones (excluding diaryl/α,β-unsaturated/α-hetero) is 1. The number of hydrogen-bond acceptors (Lipinski definition) is 5. The van der Waals surface area contributed by atoms with Crippen LogP contribution in [0.5, 0.6) is 0 Å². The van der Waals surface area contributed by atoms with Crippen LogP contribution < -0.4 is 11.1 Å². The maximum atomic E-state index is 13.0. The Balaban J connectivity index is 1.97. The van der Waals surface area contributed by atoms with Gasteiger partial charge in [-0.25, -0.2) is 0 Å². The smallest absolute Gasteiger partial charge is 0.162 e. The van der Waals surface area contributed by atoms with E-state index in [9.17, 15) is 10.1 Å². The number of allylic oxidation sites excluding steroid dienone is 2. The number of nitriles is 1. The first-order valence-electron chi connectivity index (χ1n) is 8.32. The van der Waals surface area contributed by atoms with Crippen molar-refractivity contribution in [3.63, 3.8) is 0 Å². The SMILES string of the molecule is CC1(C)CC(=O)C2=C(C1)Nc1sc(C#N)c(N)c1[C@H]2c1ccccc1. The van der Waals surface area contributed by atoms with Crippen LogP contribution in [0.1, 0.15) is 48.6 Å². The Hall–Kier alpha value is -2.58. The molecule has 1 aliphatic heterocycles. The van der Waals surface area contributed by atoms with Crippen LogP contribution in [0.3, 0.4) is 0 Å². The van der Waals surface area contributed by atoms with Crippen LogP contribution in [0, 0.1) is 16.7 Å². The van der Waals surface area contributed by atoms with E-state index in [-0.39, 0.29) is 17.1 Å². The third-order valence-electron chi connectivity index (χ3n) is 4.98. The summed E-state index contributed by atoms with van der Waals surface area (Å²) in [6.07, 6.45) is 1.35. The summed E-state index contributed by atoms with van der Waals surface area (Å²) in [6.45, 7) is 4.24. The third-order valence-corrected chi connectivity index (χ3v) is 6.02. The lowest BCUT2D eigenvalue weighted by Gasteiger charge is -2.38. The molecule has 3 N–H and O–H groups in total. The van der Waals surface area contributed by atoms with E-state index in [4.69, 9.17) is 5.73 Å². The van der Waals surface area contributed by atoms with E-state index in [1.165, 1.54) is 11.3 Å². The van der Waals surface area contributed by atoms with E-state index >= 15 is 0 Å². The predicted octanol–water partition coefficient (Wildman–Crippen LogP) is 4.40. The quantitative estimate of drug-likeness (QED) is 0.799. The molecule has 4 nitrogen and oxygen atoms in total. The van der Waals surface area contributed by atoms with Crippen molar-refractivity contribution < 1.29 is 4.79 Å². The van der Waals surface area contributed by atoms with Crippen molar-refractivity contribution in [2.24, 2.45) is 5.41 Å². The minimum Gasteiger partial charge on any atom is -0.397 e. The Kier molecular flexibility index (Phi) is 3.48. The number of fused-ring (bicyclic) bond motifs is 1. The van der Waals surface area contributed by atoms with Gasteiger partial charge in [0.1, 0.15) is 15.9 Å². The molecule has 0 saturated heterocycles. The lowest BCUT2D eigenvalue weighted by molar-refractivity contribution is -0.118. The van der Waals surface area contributed by atoms with Gasteiger partial charge < -0.3 is 11.1 Å². The Labute approximate surface area is 151 Å². The Bertz CT molecular complexity index is 947. The highest BCUT2D eigenvalue weighted by molar-refractivity contribution is 7.17. The van der Waals surface area contributed by atoms with E-state index in [1.807, 2.05) is 30.3 Å². The molecule has 0 saturated carbocycles. The molecule has 2 heterocycles. The zero-order valence-electron chi connectivity index (χ0n) is 14.2. The first-order valence-corrected chi connectivity index (χ1v) is 9.13. The van der Waals surface area contributed by atoms with Crippen molar-refractivity contribution in [1.82, 2.24) is 0 Å². The maximum Gasteiger partial charge on any atom is 0.162 e. The summed E-state index contributed by atoms with van der Waals surface area (Å²) in [5, 5.41) is 13.7. The van der Waals surface area contributed by atoms with Gasteiger partial charge in [-0.2, -0.15) is 5.26 Å². The number of nitrogens with zero attached hydrogens (tertiary/aromatic N) is 1. The summed E-state index contributed by atoms with van der Waals surface area (Å²) in [4.78, 5) is 13.5. The zero-order chi connectivity index (χ0) is 17.8. The van der Waals surface area contributed by atoms with Gasteiger partial charge >= 0.3 is 0 Å². The number of rotatable bonds is 1. The number of ketones is 1. The summed E-state index contributed by atoms with van der Waals surface area (Å²) in [5.74, 6) is -0.0308. The van der Waals surface area contributed by atoms with Crippen molar-refractivity contribution in [3.05, 3.63) is 57.6 Å². The number of thiophene rings is 1. The first kappa shape index (κ1) is 15.9. The van der Waals surface area contributed by atoms with Crippen LogP contribution in [0.4, 0.5) is 10.7 Å². The summed E-state index contributed by atoms with van der Waals surface area (Å²) in [7, 11) is 0. The molecule has 0 fully saturated rings. The summed E-state index contributed by atoms with van der Waals surface area (Å²) in [6, 6.07) is 12.2. The third kappa shape index (κ3) is 2.45. The molecule has 5 heteroatoms. The highest BCUT2D eigenvalue weighted by atomic mass is 32.1. The predicted molar refractivity (Wildman–Crippen MR) is 100 cm³/mol. The minimum absolute atomic E-state index is 0.0669. The molecule has 2 aromatic rings. The van der Waals surface area contributed by atoms with Crippen LogP contribution in [0.25, 0.3) is 0 Å². The number of nitrogens with two attached hydrogens (primary N) is 1.